The topological polar surface area (TPSA) is 64.6 Å². The molecular weight excluding hydrogens is 348 g/mol. The number of carbonyl (C=O) groups is 1. The number of nitrogen functional groups attached to an aromatic ring is 1. The Kier molecular flexibility index (Phi) is 4.37. The smallest absolute Gasteiger partial charge is 0.265 e. The number of anilines is 1. The van der Waals surface area contributed by atoms with E-state index in [4.69, 9.17) is 5.73 Å². The molecule has 1 aliphatic carbocycles. The van der Waals surface area contributed by atoms with Crippen LogP contribution < -0.4 is 11.3 Å². The molecule has 4 heteroatoms. The molecule has 0 unspecified atom stereocenters. The molecule has 1 fully saturated rings. The summed E-state index contributed by atoms with van der Waals surface area (Å²) in [4.78, 5) is 24.5. The van der Waals surface area contributed by atoms with E-state index in [-0.39, 0.29) is 11.1 Å². The highest BCUT2D eigenvalue weighted by atomic mass is 16.1. The summed E-state index contributed by atoms with van der Waals surface area (Å²) in [5, 5.41) is 0. The summed E-state index contributed by atoms with van der Waals surface area (Å²) < 4.78 is 1.66. The third kappa shape index (κ3) is 2.67. The van der Waals surface area contributed by atoms with Crippen molar-refractivity contribution in [2.75, 3.05) is 5.73 Å². The number of aldehydes is 1. The zero-order chi connectivity index (χ0) is 20.2. The zero-order valence-electron chi connectivity index (χ0n) is 16.9. The lowest BCUT2D eigenvalue weighted by Gasteiger charge is -2.18. The van der Waals surface area contributed by atoms with E-state index in [0.29, 0.717) is 12.2 Å². The Balaban J connectivity index is 2.08. The summed E-state index contributed by atoms with van der Waals surface area (Å²) in [5.41, 5.74) is 15.6. The molecule has 0 amide bonds. The Hall–Kier alpha value is -2.88. The Bertz CT molecular complexity index is 1180. The minimum Gasteiger partial charge on any atom is -0.398 e. The van der Waals surface area contributed by atoms with Crippen LogP contribution in [0, 0.1) is 20.8 Å². The second-order valence-electron chi connectivity index (χ2n) is 7.94. The summed E-state index contributed by atoms with van der Waals surface area (Å²) >= 11 is 0. The summed E-state index contributed by atoms with van der Waals surface area (Å²) in [6.07, 6.45) is 5.61. The number of nitrogens with two attached hydrogens (primary N) is 1. The Labute approximate surface area is 165 Å². The molecule has 144 valence electrons. The fraction of sp³-hybridized carbons (Fsp3) is 0.333. The van der Waals surface area contributed by atoms with Crippen LogP contribution in [0.3, 0.4) is 0 Å². The van der Waals surface area contributed by atoms with Gasteiger partial charge < -0.3 is 5.73 Å². The first-order valence-corrected chi connectivity index (χ1v) is 9.92. The van der Waals surface area contributed by atoms with Crippen molar-refractivity contribution in [1.29, 1.82) is 0 Å². The van der Waals surface area contributed by atoms with E-state index in [9.17, 15) is 9.59 Å². The Morgan fingerprint density at radius 2 is 1.89 bits per heavy atom. The number of rotatable bonds is 4. The number of carbonyl (C=O) groups excluding carboxylic acids is 1. The Morgan fingerprint density at radius 3 is 2.50 bits per heavy atom. The number of hydrogen-bond donors (Lipinski definition) is 1. The van der Waals surface area contributed by atoms with Gasteiger partial charge in [-0.1, -0.05) is 6.92 Å². The van der Waals surface area contributed by atoms with Gasteiger partial charge in [0.05, 0.1) is 11.1 Å². The second-order valence-corrected chi connectivity index (χ2v) is 7.94. The van der Waals surface area contributed by atoms with E-state index < -0.39 is 0 Å². The first-order chi connectivity index (χ1) is 13.4. The predicted molar refractivity (Wildman–Crippen MR) is 114 cm³/mol. The van der Waals surface area contributed by atoms with Crippen molar-refractivity contribution in [2.45, 2.75) is 52.9 Å². The molecule has 4 nitrogen and oxygen atoms in total. The quantitative estimate of drug-likeness (QED) is 0.530. The van der Waals surface area contributed by atoms with Gasteiger partial charge in [0.2, 0.25) is 0 Å². The van der Waals surface area contributed by atoms with E-state index in [1.807, 2.05) is 26.1 Å². The molecule has 3 aromatic rings. The maximum absolute atomic E-state index is 12.9. The molecule has 1 aromatic carbocycles. The molecule has 0 spiro atoms. The average molecular weight is 374 g/mol. The van der Waals surface area contributed by atoms with Gasteiger partial charge in [0.25, 0.3) is 5.56 Å². The summed E-state index contributed by atoms with van der Waals surface area (Å²) in [7, 11) is 0. The third-order valence-corrected chi connectivity index (χ3v) is 6.17. The molecule has 0 radical (unpaired) electrons. The Morgan fingerprint density at radius 1 is 1.18 bits per heavy atom. The molecule has 0 saturated heterocycles. The highest BCUT2D eigenvalue weighted by Gasteiger charge is 2.30. The molecule has 2 heterocycles. The summed E-state index contributed by atoms with van der Waals surface area (Å²) in [5.74, 6) is 0.433. The third-order valence-electron chi connectivity index (χ3n) is 6.17. The first-order valence-electron chi connectivity index (χ1n) is 9.92. The van der Waals surface area contributed by atoms with Gasteiger partial charge in [-0.05, 0) is 103 Å². The minimum atomic E-state index is -0.232. The van der Waals surface area contributed by atoms with Crippen LogP contribution in [0.4, 0.5) is 5.69 Å². The van der Waals surface area contributed by atoms with Gasteiger partial charge in [-0.2, -0.15) is 0 Å². The lowest BCUT2D eigenvalue weighted by molar-refractivity contribution is 0.112. The second kappa shape index (κ2) is 6.62. The van der Waals surface area contributed by atoms with Crippen molar-refractivity contribution in [3.63, 3.8) is 0 Å². The van der Waals surface area contributed by atoms with Crippen molar-refractivity contribution < 1.29 is 4.79 Å². The number of aryl methyl sites for hydroxylation is 3. The molecule has 4 rings (SSSR count). The molecule has 0 aliphatic heterocycles. The lowest BCUT2D eigenvalue weighted by Crippen LogP contribution is -2.22. The van der Waals surface area contributed by atoms with Crippen LogP contribution in [0.5, 0.6) is 0 Å². The van der Waals surface area contributed by atoms with Gasteiger partial charge in [0.1, 0.15) is 0 Å². The van der Waals surface area contributed by atoms with Crippen molar-refractivity contribution in [1.82, 2.24) is 4.40 Å². The van der Waals surface area contributed by atoms with E-state index in [2.05, 4.69) is 26.0 Å². The molecule has 1 saturated carbocycles. The number of benzene rings is 1. The highest BCUT2D eigenvalue weighted by molar-refractivity contribution is 5.84. The molecule has 2 N–H and O–H groups in total. The van der Waals surface area contributed by atoms with E-state index >= 15 is 0 Å². The van der Waals surface area contributed by atoms with Crippen LogP contribution in [-0.4, -0.2) is 10.7 Å². The molecule has 0 atom stereocenters. The number of aromatic nitrogens is 1. The molecular formula is C24H26N2O2. The van der Waals surface area contributed by atoms with Crippen LogP contribution in [-0.2, 0) is 6.42 Å². The predicted octanol–water partition coefficient (Wildman–Crippen LogP) is 4.73. The van der Waals surface area contributed by atoms with Crippen molar-refractivity contribution >= 4 is 17.5 Å². The largest absolute Gasteiger partial charge is 0.398 e. The van der Waals surface area contributed by atoms with E-state index in [0.717, 1.165) is 69.4 Å². The van der Waals surface area contributed by atoms with Gasteiger partial charge >= 0.3 is 0 Å². The lowest BCUT2D eigenvalue weighted by atomic mass is 9.91. The first kappa shape index (κ1) is 18.5. The number of fused-ring (bicyclic) bond motifs is 1. The van der Waals surface area contributed by atoms with E-state index in [1.54, 1.807) is 4.40 Å². The van der Waals surface area contributed by atoms with Gasteiger partial charge in [-0.15, -0.1) is 0 Å². The van der Waals surface area contributed by atoms with E-state index in [1.165, 1.54) is 0 Å². The van der Waals surface area contributed by atoms with Crippen LogP contribution >= 0.6 is 0 Å². The fourth-order valence-electron chi connectivity index (χ4n) is 4.41. The maximum Gasteiger partial charge on any atom is 0.265 e. The SMILES string of the molecule is CCc1cc(-c2ccn3c(=O)c(C=O)c(C)c(C4CC4)c3c2C)cc(C)c1N. The molecule has 2 aromatic heterocycles. The summed E-state index contributed by atoms with van der Waals surface area (Å²) in [6, 6.07) is 6.26. The minimum absolute atomic E-state index is 0.232. The van der Waals surface area contributed by atoms with Gasteiger partial charge in [0, 0.05) is 11.9 Å². The van der Waals surface area contributed by atoms with Crippen molar-refractivity contribution in [2.24, 2.45) is 0 Å². The molecule has 1 aliphatic rings. The molecule has 28 heavy (non-hydrogen) atoms. The van der Waals surface area contributed by atoms with Crippen molar-refractivity contribution in [3.05, 3.63) is 68.1 Å². The van der Waals surface area contributed by atoms with Gasteiger partial charge in [0.15, 0.2) is 6.29 Å². The number of nitrogens with zero attached hydrogens (tertiary/aromatic N) is 1. The van der Waals surface area contributed by atoms with Gasteiger partial charge in [-0.25, -0.2) is 0 Å². The maximum atomic E-state index is 12.9. The van der Waals surface area contributed by atoms with Crippen molar-refractivity contribution in [3.8, 4) is 11.1 Å². The zero-order valence-corrected chi connectivity index (χ0v) is 16.9. The molecule has 0 bridgehead atoms. The normalized spacial score (nSPS) is 13.9. The van der Waals surface area contributed by atoms with Crippen LogP contribution in [0.25, 0.3) is 16.6 Å². The number of pyridine rings is 2. The van der Waals surface area contributed by atoms with Crippen LogP contribution in [0.2, 0.25) is 0 Å². The standard InChI is InChI=1S/C24H26N2O2/c1-5-16-11-18(10-13(2)22(16)25)19-8-9-26-23(15(19)4)21(17-6-7-17)14(3)20(12-27)24(26)28/h8-12,17H,5-7,25H2,1-4H3. The highest BCUT2D eigenvalue weighted by Crippen LogP contribution is 2.45. The monoisotopic (exact) mass is 374 g/mol. The average Bonchev–Trinajstić information content (AvgIpc) is 3.50. The van der Waals surface area contributed by atoms with Gasteiger partial charge in [-0.3, -0.25) is 14.0 Å². The van der Waals surface area contributed by atoms with Crippen LogP contribution in [0.1, 0.15) is 63.9 Å². The number of hydrogen-bond acceptors (Lipinski definition) is 3. The van der Waals surface area contributed by atoms with Crippen LogP contribution in [0.15, 0.2) is 29.2 Å². The fourth-order valence-corrected chi connectivity index (χ4v) is 4.41. The summed E-state index contributed by atoms with van der Waals surface area (Å²) in [6.45, 7) is 8.13.